The first-order valence-electron chi connectivity index (χ1n) is 10.6. The second kappa shape index (κ2) is 9.24. The second-order valence-electron chi connectivity index (χ2n) is 7.81. The SMILES string of the molecule is COc1ccccc1Cn1c(C)cc2c(c1=O)[C@@H](c1ccc(OC)c(OC)c1)C(C#N)=C(N)O2. The fourth-order valence-corrected chi connectivity index (χ4v) is 4.25. The molecule has 0 amide bonds. The lowest BCUT2D eigenvalue weighted by atomic mass is 9.84. The number of fused-ring (bicyclic) bond motifs is 1. The van der Waals surface area contributed by atoms with E-state index in [0.29, 0.717) is 46.4 Å². The van der Waals surface area contributed by atoms with Gasteiger partial charge in [0.2, 0.25) is 5.88 Å². The van der Waals surface area contributed by atoms with E-state index < -0.39 is 5.92 Å². The van der Waals surface area contributed by atoms with Crippen LogP contribution in [0.15, 0.2) is 64.8 Å². The summed E-state index contributed by atoms with van der Waals surface area (Å²) in [5, 5.41) is 9.92. The zero-order valence-electron chi connectivity index (χ0n) is 19.4. The Bertz CT molecular complexity index is 1380. The number of hydrogen-bond acceptors (Lipinski definition) is 7. The van der Waals surface area contributed by atoms with Gasteiger partial charge in [0.25, 0.3) is 5.56 Å². The van der Waals surface area contributed by atoms with Crippen LogP contribution in [0.3, 0.4) is 0 Å². The number of nitrogens with two attached hydrogens (primary N) is 1. The topological polar surface area (TPSA) is 109 Å². The van der Waals surface area contributed by atoms with Crippen LogP contribution in [0.2, 0.25) is 0 Å². The molecule has 8 heteroatoms. The molecule has 1 aromatic heterocycles. The average Bonchev–Trinajstić information content (AvgIpc) is 2.85. The van der Waals surface area contributed by atoms with Crippen molar-refractivity contribution in [3.63, 3.8) is 0 Å². The molecule has 2 heterocycles. The van der Waals surface area contributed by atoms with Crippen molar-refractivity contribution < 1.29 is 18.9 Å². The van der Waals surface area contributed by atoms with E-state index in [1.54, 1.807) is 43.1 Å². The zero-order chi connectivity index (χ0) is 24.4. The first kappa shape index (κ1) is 22.8. The number of ether oxygens (including phenoxy) is 4. The van der Waals surface area contributed by atoms with Crippen LogP contribution >= 0.6 is 0 Å². The molecular weight excluding hydrogens is 434 g/mol. The molecule has 1 atom stereocenters. The van der Waals surface area contributed by atoms with Gasteiger partial charge in [0.15, 0.2) is 11.5 Å². The van der Waals surface area contributed by atoms with E-state index in [9.17, 15) is 10.1 Å². The minimum absolute atomic E-state index is 0.0314. The molecule has 174 valence electrons. The molecular formula is C26H25N3O5. The van der Waals surface area contributed by atoms with Crippen LogP contribution in [-0.2, 0) is 6.54 Å². The largest absolute Gasteiger partial charge is 0.496 e. The summed E-state index contributed by atoms with van der Waals surface area (Å²) in [4.78, 5) is 13.9. The number of hydrogen-bond donors (Lipinski definition) is 1. The highest BCUT2D eigenvalue weighted by Gasteiger charge is 2.35. The molecule has 0 aliphatic carbocycles. The maximum absolute atomic E-state index is 13.9. The van der Waals surface area contributed by atoms with E-state index in [1.807, 2.05) is 31.2 Å². The van der Waals surface area contributed by atoms with Crippen molar-refractivity contribution in [2.24, 2.45) is 5.73 Å². The highest BCUT2D eigenvalue weighted by atomic mass is 16.5. The van der Waals surface area contributed by atoms with Crippen molar-refractivity contribution >= 4 is 0 Å². The van der Waals surface area contributed by atoms with Gasteiger partial charge in [0.05, 0.1) is 39.4 Å². The molecule has 3 aromatic rings. The molecule has 4 rings (SSSR count). The Hall–Kier alpha value is -4.38. The maximum atomic E-state index is 13.9. The van der Waals surface area contributed by atoms with E-state index in [0.717, 1.165) is 5.56 Å². The minimum Gasteiger partial charge on any atom is -0.496 e. The molecule has 0 saturated carbocycles. The Morgan fingerprint density at radius 1 is 1.03 bits per heavy atom. The Balaban J connectivity index is 1.93. The van der Waals surface area contributed by atoms with Gasteiger partial charge in [-0.1, -0.05) is 24.3 Å². The fraction of sp³-hybridized carbons (Fsp3) is 0.231. The molecule has 2 aromatic carbocycles. The number of rotatable bonds is 6. The van der Waals surface area contributed by atoms with Gasteiger partial charge in [-0.3, -0.25) is 4.79 Å². The van der Waals surface area contributed by atoms with Crippen molar-refractivity contribution in [1.29, 1.82) is 5.26 Å². The predicted molar refractivity (Wildman–Crippen MR) is 126 cm³/mol. The quantitative estimate of drug-likeness (QED) is 0.601. The lowest BCUT2D eigenvalue weighted by Gasteiger charge is -2.28. The van der Waals surface area contributed by atoms with Crippen molar-refractivity contribution in [2.45, 2.75) is 19.4 Å². The van der Waals surface area contributed by atoms with Crippen molar-refractivity contribution in [2.75, 3.05) is 21.3 Å². The number of benzene rings is 2. The molecule has 0 spiro atoms. The van der Waals surface area contributed by atoms with E-state index in [1.165, 1.54) is 7.11 Å². The Morgan fingerprint density at radius 2 is 1.74 bits per heavy atom. The highest BCUT2D eigenvalue weighted by Crippen LogP contribution is 2.42. The van der Waals surface area contributed by atoms with Crippen LogP contribution < -0.4 is 30.2 Å². The molecule has 1 aliphatic heterocycles. The normalized spacial score (nSPS) is 14.6. The zero-order valence-corrected chi connectivity index (χ0v) is 19.4. The van der Waals surface area contributed by atoms with Gasteiger partial charge in [-0.2, -0.15) is 5.26 Å². The molecule has 1 aliphatic rings. The molecule has 0 fully saturated rings. The van der Waals surface area contributed by atoms with Gasteiger partial charge in [0.1, 0.15) is 23.1 Å². The molecule has 2 N–H and O–H groups in total. The van der Waals surface area contributed by atoms with Crippen LogP contribution in [0, 0.1) is 18.3 Å². The lowest BCUT2D eigenvalue weighted by molar-refractivity contribution is 0.354. The smallest absolute Gasteiger partial charge is 0.259 e. The summed E-state index contributed by atoms with van der Waals surface area (Å²) in [6.07, 6.45) is 0. The minimum atomic E-state index is -0.731. The second-order valence-corrected chi connectivity index (χ2v) is 7.81. The first-order chi connectivity index (χ1) is 16.4. The third-order valence-corrected chi connectivity index (χ3v) is 5.95. The van der Waals surface area contributed by atoms with Gasteiger partial charge >= 0.3 is 0 Å². The fourth-order valence-electron chi connectivity index (χ4n) is 4.25. The Morgan fingerprint density at radius 3 is 2.41 bits per heavy atom. The van der Waals surface area contributed by atoms with Crippen molar-refractivity contribution in [1.82, 2.24) is 4.57 Å². The summed E-state index contributed by atoms with van der Waals surface area (Å²) in [6, 6.07) is 16.7. The Kier molecular flexibility index (Phi) is 6.19. The monoisotopic (exact) mass is 459 g/mol. The number of nitrogens with zero attached hydrogens (tertiary/aromatic N) is 2. The standard InChI is InChI=1S/C26H25N3O5/c1-15-11-22-24(26(30)29(15)14-17-7-5-6-8-19(17)31-2)23(18(13-27)25(28)34-22)16-9-10-20(32-3)21(12-16)33-4/h5-12,23H,14,28H2,1-4H3/t23-/m0/s1. The summed E-state index contributed by atoms with van der Waals surface area (Å²) < 4.78 is 23.6. The van der Waals surface area contributed by atoms with E-state index >= 15 is 0 Å². The molecule has 8 nitrogen and oxygen atoms in total. The predicted octanol–water partition coefficient (Wildman–Crippen LogP) is 3.45. The summed E-state index contributed by atoms with van der Waals surface area (Å²) >= 11 is 0. The van der Waals surface area contributed by atoms with Crippen LogP contribution in [0.4, 0.5) is 0 Å². The van der Waals surface area contributed by atoms with Gasteiger partial charge in [-0.05, 0) is 30.7 Å². The van der Waals surface area contributed by atoms with Crippen LogP contribution in [0.25, 0.3) is 0 Å². The van der Waals surface area contributed by atoms with Gasteiger partial charge in [-0.15, -0.1) is 0 Å². The van der Waals surface area contributed by atoms with Crippen molar-refractivity contribution in [3.05, 3.63) is 92.7 Å². The third kappa shape index (κ3) is 3.82. The van der Waals surface area contributed by atoms with Gasteiger partial charge in [0, 0.05) is 17.3 Å². The number of pyridine rings is 1. The number of nitriles is 1. The van der Waals surface area contributed by atoms with Crippen molar-refractivity contribution in [3.8, 4) is 29.1 Å². The number of methoxy groups -OCH3 is 3. The molecule has 0 unspecified atom stereocenters. The highest BCUT2D eigenvalue weighted by molar-refractivity contribution is 5.57. The van der Waals surface area contributed by atoms with E-state index in [-0.39, 0.29) is 17.0 Å². The number of aromatic nitrogens is 1. The van der Waals surface area contributed by atoms with E-state index in [2.05, 4.69) is 6.07 Å². The third-order valence-electron chi connectivity index (χ3n) is 5.95. The summed E-state index contributed by atoms with van der Waals surface area (Å²) in [7, 11) is 4.66. The van der Waals surface area contributed by atoms with Crippen LogP contribution in [0.1, 0.15) is 28.3 Å². The summed E-state index contributed by atoms with van der Waals surface area (Å²) in [5.41, 5.74) is 8.52. The van der Waals surface area contributed by atoms with E-state index in [4.69, 9.17) is 24.7 Å². The average molecular weight is 460 g/mol. The molecule has 0 saturated heterocycles. The molecule has 0 radical (unpaired) electrons. The lowest BCUT2D eigenvalue weighted by Crippen LogP contribution is -2.33. The van der Waals surface area contributed by atoms with Crippen LogP contribution in [-0.4, -0.2) is 25.9 Å². The first-order valence-corrected chi connectivity index (χ1v) is 10.6. The van der Waals surface area contributed by atoms with Crippen LogP contribution in [0.5, 0.6) is 23.0 Å². The number of aryl methyl sites for hydroxylation is 1. The summed E-state index contributed by atoms with van der Waals surface area (Å²) in [6.45, 7) is 2.12. The maximum Gasteiger partial charge on any atom is 0.259 e. The Labute approximate surface area is 197 Å². The van der Waals surface area contributed by atoms with Gasteiger partial charge < -0.3 is 29.2 Å². The van der Waals surface area contributed by atoms with Gasteiger partial charge in [-0.25, -0.2) is 0 Å². The molecule has 34 heavy (non-hydrogen) atoms. The number of allylic oxidation sites excluding steroid dienone is 1. The summed E-state index contributed by atoms with van der Waals surface area (Å²) in [5.74, 6) is 1.26. The molecule has 0 bridgehead atoms. The number of para-hydroxylation sites is 1.